The van der Waals surface area contributed by atoms with Crippen molar-refractivity contribution in [2.75, 3.05) is 6.54 Å². The van der Waals surface area contributed by atoms with Crippen molar-refractivity contribution in [3.05, 3.63) is 46.1 Å². The fourth-order valence-corrected chi connectivity index (χ4v) is 1.04. The van der Waals surface area contributed by atoms with Crippen LogP contribution in [0.25, 0.3) is 16.5 Å². The van der Waals surface area contributed by atoms with Crippen molar-refractivity contribution in [2.45, 2.75) is 13.3 Å². The number of rotatable bonds is 4. The molecule has 0 aliphatic heterocycles. The van der Waals surface area contributed by atoms with E-state index in [1.807, 2.05) is 31.3 Å². The molecule has 4 heteroatoms. The van der Waals surface area contributed by atoms with Crippen LogP contribution in [-0.2, 0) is 0 Å². The predicted molar refractivity (Wildman–Crippen MR) is 56.6 cm³/mol. The van der Waals surface area contributed by atoms with Crippen LogP contribution in [-0.4, -0.2) is 11.5 Å². The third-order valence-corrected chi connectivity index (χ3v) is 1.84. The highest BCUT2D eigenvalue weighted by Gasteiger charge is 1.90. The van der Waals surface area contributed by atoms with Gasteiger partial charge in [0.1, 0.15) is 0 Å². The van der Waals surface area contributed by atoms with Gasteiger partial charge in [-0.3, -0.25) is 4.98 Å². The Morgan fingerprint density at radius 2 is 2.50 bits per heavy atom. The van der Waals surface area contributed by atoms with E-state index in [0.717, 1.165) is 12.0 Å². The number of aromatic nitrogens is 1. The first-order chi connectivity index (χ1) is 6.84. The van der Waals surface area contributed by atoms with E-state index in [-0.39, 0.29) is 0 Å². The normalized spacial score (nSPS) is 10.1. The molecule has 1 heterocycles. The predicted octanol–water partition coefficient (Wildman–Crippen LogP) is 3.10. The fourth-order valence-electron chi connectivity index (χ4n) is 1.04. The molecular formula is C10H12N4. The second kappa shape index (κ2) is 5.78. The second-order valence-electron chi connectivity index (χ2n) is 2.88. The van der Waals surface area contributed by atoms with E-state index in [0.29, 0.717) is 6.54 Å². The highest BCUT2D eigenvalue weighted by molar-refractivity contribution is 5.51. The van der Waals surface area contributed by atoms with Crippen LogP contribution in [0.2, 0.25) is 0 Å². The standard InChI is InChI=1S/C10H12N4/c1-9-5-7-12-8-10(9)4-2-3-6-13-14-11/h2,4-5,7-8H,3,6H2,1H3. The Bertz CT molecular complexity index is 364. The monoisotopic (exact) mass is 188 g/mol. The summed E-state index contributed by atoms with van der Waals surface area (Å²) in [5, 5.41) is 3.44. The molecule has 0 unspecified atom stereocenters. The third-order valence-electron chi connectivity index (χ3n) is 1.84. The summed E-state index contributed by atoms with van der Waals surface area (Å²) in [5.74, 6) is 0. The Morgan fingerprint density at radius 1 is 1.64 bits per heavy atom. The lowest BCUT2D eigenvalue weighted by Crippen LogP contribution is -1.81. The summed E-state index contributed by atoms with van der Waals surface area (Å²) < 4.78 is 0. The summed E-state index contributed by atoms with van der Waals surface area (Å²) >= 11 is 0. The number of nitrogens with zero attached hydrogens (tertiary/aromatic N) is 4. The molecule has 4 nitrogen and oxygen atoms in total. The van der Waals surface area contributed by atoms with Crippen LogP contribution in [0.1, 0.15) is 17.5 Å². The maximum atomic E-state index is 8.05. The van der Waals surface area contributed by atoms with Crippen LogP contribution in [0.15, 0.2) is 29.7 Å². The van der Waals surface area contributed by atoms with Crippen molar-refractivity contribution in [2.24, 2.45) is 5.11 Å². The quantitative estimate of drug-likeness (QED) is 0.310. The van der Waals surface area contributed by atoms with Gasteiger partial charge >= 0.3 is 0 Å². The molecule has 0 saturated carbocycles. The molecule has 1 aromatic rings. The number of pyridine rings is 1. The van der Waals surface area contributed by atoms with E-state index >= 15 is 0 Å². The van der Waals surface area contributed by atoms with Gasteiger partial charge in [-0.2, -0.15) is 0 Å². The van der Waals surface area contributed by atoms with Crippen LogP contribution in [0.3, 0.4) is 0 Å². The van der Waals surface area contributed by atoms with Gasteiger partial charge in [-0.15, -0.1) is 0 Å². The number of hydrogen-bond acceptors (Lipinski definition) is 2. The van der Waals surface area contributed by atoms with Crippen LogP contribution in [0.5, 0.6) is 0 Å². The van der Waals surface area contributed by atoms with Gasteiger partial charge in [0.15, 0.2) is 0 Å². The topological polar surface area (TPSA) is 61.7 Å². The lowest BCUT2D eigenvalue weighted by Gasteiger charge is -1.96. The fraction of sp³-hybridized carbons (Fsp3) is 0.300. The Morgan fingerprint density at radius 3 is 3.21 bits per heavy atom. The highest BCUT2D eigenvalue weighted by atomic mass is 15.1. The molecule has 0 amide bonds. The largest absolute Gasteiger partial charge is 0.264 e. The van der Waals surface area contributed by atoms with Crippen LogP contribution in [0.4, 0.5) is 0 Å². The summed E-state index contributed by atoms with van der Waals surface area (Å²) in [6.07, 6.45) is 8.33. The molecular weight excluding hydrogens is 176 g/mol. The van der Waals surface area contributed by atoms with Crippen molar-refractivity contribution in [3.8, 4) is 0 Å². The first-order valence-corrected chi connectivity index (χ1v) is 4.42. The second-order valence-corrected chi connectivity index (χ2v) is 2.88. The van der Waals surface area contributed by atoms with E-state index in [2.05, 4.69) is 15.0 Å². The van der Waals surface area contributed by atoms with Gasteiger partial charge in [0.2, 0.25) is 0 Å². The number of azide groups is 1. The van der Waals surface area contributed by atoms with Gasteiger partial charge in [0.25, 0.3) is 0 Å². The van der Waals surface area contributed by atoms with Crippen LogP contribution in [0, 0.1) is 6.92 Å². The van der Waals surface area contributed by atoms with Gasteiger partial charge in [-0.1, -0.05) is 17.3 Å². The van der Waals surface area contributed by atoms with E-state index in [4.69, 9.17) is 5.53 Å². The summed E-state index contributed by atoms with van der Waals surface area (Å²) in [5.41, 5.74) is 10.4. The zero-order chi connectivity index (χ0) is 10.2. The molecule has 0 fully saturated rings. The highest BCUT2D eigenvalue weighted by Crippen LogP contribution is 2.07. The molecule has 72 valence electrons. The molecule has 0 bridgehead atoms. The van der Waals surface area contributed by atoms with E-state index in [9.17, 15) is 0 Å². The first kappa shape index (κ1) is 10.3. The van der Waals surface area contributed by atoms with Gasteiger partial charge < -0.3 is 0 Å². The molecule has 0 spiro atoms. The van der Waals surface area contributed by atoms with Crippen LogP contribution < -0.4 is 0 Å². The SMILES string of the molecule is Cc1ccncc1C=CCCN=[N+]=[N-]. The maximum absolute atomic E-state index is 8.05. The Hall–Kier alpha value is -1.80. The zero-order valence-corrected chi connectivity index (χ0v) is 8.09. The molecule has 0 radical (unpaired) electrons. The first-order valence-electron chi connectivity index (χ1n) is 4.42. The Labute approximate surface area is 82.9 Å². The molecule has 0 atom stereocenters. The third kappa shape index (κ3) is 3.29. The lowest BCUT2D eigenvalue weighted by molar-refractivity contribution is 0.995. The van der Waals surface area contributed by atoms with Crippen molar-refractivity contribution < 1.29 is 0 Å². The number of aryl methyl sites for hydroxylation is 1. The molecule has 1 aromatic heterocycles. The van der Waals surface area contributed by atoms with Gasteiger partial charge in [-0.25, -0.2) is 0 Å². The lowest BCUT2D eigenvalue weighted by atomic mass is 10.1. The molecule has 1 rings (SSSR count). The van der Waals surface area contributed by atoms with Gasteiger partial charge in [-0.05, 0) is 36.1 Å². The molecule has 0 aliphatic rings. The number of hydrogen-bond donors (Lipinski definition) is 0. The molecule has 0 aromatic carbocycles. The van der Waals surface area contributed by atoms with E-state index in [1.54, 1.807) is 6.20 Å². The summed E-state index contributed by atoms with van der Waals surface area (Å²) in [6, 6.07) is 1.97. The van der Waals surface area contributed by atoms with Crippen molar-refractivity contribution in [1.82, 2.24) is 4.98 Å². The maximum Gasteiger partial charge on any atom is 0.0342 e. The zero-order valence-electron chi connectivity index (χ0n) is 8.09. The average molecular weight is 188 g/mol. The molecule has 0 N–H and O–H groups in total. The van der Waals surface area contributed by atoms with Gasteiger partial charge in [0.05, 0.1) is 0 Å². The van der Waals surface area contributed by atoms with Crippen molar-refractivity contribution in [1.29, 1.82) is 0 Å². The minimum absolute atomic E-state index is 0.506. The molecule has 0 saturated heterocycles. The minimum Gasteiger partial charge on any atom is -0.264 e. The average Bonchev–Trinajstić information content (AvgIpc) is 2.20. The summed E-state index contributed by atoms with van der Waals surface area (Å²) in [6.45, 7) is 2.54. The molecule has 14 heavy (non-hydrogen) atoms. The van der Waals surface area contributed by atoms with Crippen molar-refractivity contribution >= 4 is 6.08 Å². The van der Waals surface area contributed by atoms with Crippen LogP contribution >= 0.6 is 0 Å². The summed E-state index contributed by atoms with van der Waals surface area (Å²) in [7, 11) is 0. The van der Waals surface area contributed by atoms with Gasteiger partial charge in [0, 0.05) is 23.9 Å². The summed E-state index contributed by atoms with van der Waals surface area (Å²) in [4.78, 5) is 6.70. The minimum atomic E-state index is 0.506. The Kier molecular flexibility index (Phi) is 4.24. The molecule has 0 aliphatic carbocycles. The van der Waals surface area contributed by atoms with Crippen molar-refractivity contribution in [3.63, 3.8) is 0 Å². The Balaban J connectivity index is 2.51. The smallest absolute Gasteiger partial charge is 0.0342 e. The van der Waals surface area contributed by atoms with E-state index < -0.39 is 0 Å². The van der Waals surface area contributed by atoms with E-state index in [1.165, 1.54) is 5.56 Å².